The smallest absolute Gasteiger partial charge is 0.337 e. The second-order valence-electron chi connectivity index (χ2n) is 1.52. The van der Waals surface area contributed by atoms with Crippen molar-refractivity contribution < 1.29 is 14.5 Å². The van der Waals surface area contributed by atoms with Crippen molar-refractivity contribution in [1.82, 2.24) is 0 Å². The summed E-state index contributed by atoms with van der Waals surface area (Å²) in [6.07, 6.45) is 2.63. The highest BCUT2D eigenvalue weighted by Crippen LogP contribution is 1.82. The number of nitro groups is 1. The first-order valence-corrected chi connectivity index (χ1v) is 2.76. The SMILES string of the molecule is C=CCOC(=O)/C=C/[N+](=O)[O-]. The summed E-state index contributed by atoms with van der Waals surface area (Å²) < 4.78 is 4.39. The summed E-state index contributed by atoms with van der Waals surface area (Å²) in [5, 5.41) is 9.67. The number of hydrogen-bond donors (Lipinski definition) is 0. The van der Waals surface area contributed by atoms with Gasteiger partial charge in [-0.25, -0.2) is 4.79 Å². The molecule has 0 spiro atoms. The van der Waals surface area contributed by atoms with Crippen molar-refractivity contribution in [2.45, 2.75) is 0 Å². The molecule has 0 radical (unpaired) electrons. The summed E-state index contributed by atoms with van der Waals surface area (Å²) in [4.78, 5) is 19.4. The lowest BCUT2D eigenvalue weighted by molar-refractivity contribution is -0.402. The van der Waals surface area contributed by atoms with Crippen LogP contribution in [0.15, 0.2) is 24.9 Å². The average molecular weight is 157 g/mol. The third-order valence-corrected chi connectivity index (χ3v) is 0.676. The molecule has 0 aromatic carbocycles. The van der Waals surface area contributed by atoms with Gasteiger partial charge in [-0.1, -0.05) is 12.7 Å². The molecule has 11 heavy (non-hydrogen) atoms. The summed E-state index contributed by atoms with van der Waals surface area (Å²) in [6, 6.07) is 0. The Balaban J connectivity index is 3.68. The molecule has 0 unspecified atom stereocenters. The van der Waals surface area contributed by atoms with Gasteiger partial charge in [-0.05, 0) is 0 Å². The molecule has 0 aromatic rings. The minimum atomic E-state index is -0.749. The lowest BCUT2D eigenvalue weighted by Crippen LogP contribution is -2.00. The van der Waals surface area contributed by atoms with E-state index < -0.39 is 10.9 Å². The summed E-state index contributed by atoms with van der Waals surface area (Å²) in [5.41, 5.74) is 0. The molecule has 0 fully saturated rings. The Kier molecular flexibility index (Phi) is 4.39. The second kappa shape index (κ2) is 5.16. The van der Waals surface area contributed by atoms with E-state index >= 15 is 0 Å². The highest BCUT2D eigenvalue weighted by Gasteiger charge is 1.96. The topological polar surface area (TPSA) is 69.4 Å². The van der Waals surface area contributed by atoms with E-state index in [1.54, 1.807) is 0 Å². The van der Waals surface area contributed by atoms with Crippen LogP contribution < -0.4 is 0 Å². The van der Waals surface area contributed by atoms with Gasteiger partial charge >= 0.3 is 5.97 Å². The van der Waals surface area contributed by atoms with Crippen molar-refractivity contribution in [1.29, 1.82) is 0 Å². The van der Waals surface area contributed by atoms with Gasteiger partial charge in [-0.2, -0.15) is 0 Å². The zero-order valence-electron chi connectivity index (χ0n) is 5.73. The van der Waals surface area contributed by atoms with E-state index in [0.29, 0.717) is 6.20 Å². The van der Waals surface area contributed by atoms with Crippen molar-refractivity contribution in [3.05, 3.63) is 35.0 Å². The first-order chi connectivity index (χ1) is 5.16. The lowest BCUT2D eigenvalue weighted by Gasteiger charge is -1.92. The molecule has 0 N–H and O–H groups in total. The summed E-state index contributed by atoms with van der Waals surface area (Å²) in [7, 11) is 0. The Labute approximate surface area is 63.1 Å². The molecule has 5 heteroatoms. The highest BCUT2D eigenvalue weighted by atomic mass is 16.6. The molecule has 0 bridgehead atoms. The predicted octanol–water partition coefficient (Wildman–Crippen LogP) is 0.506. The molecule has 0 saturated carbocycles. The third-order valence-electron chi connectivity index (χ3n) is 0.676. The van der Waals surface area contributed by atoms with Crippen LogP contribution in [0.3, 0.4) is 0 Å². The lowest BCUT2D eigenvalue weighted by atomic mass is 10.6. The van der Waals surface area contributed by atoms with Crippen LogP contribution in [0.5, 0.6) is 0 Å². The van der Waals surface area contributed by atoms with Crippen LogP contribution >= 0.6 is 0 Å². The monoisotopic (exact) mass is 157 g/mol. The number of carbonyl (C=O) groups excluding carboxylic acids is 1. The van der Waals surface area contributed by atoms with Crippen LogP contribution in [0.1, 0.15) is 0 Å². The number of rotatable bonds is 4. The summed E-state index contributed by atoms with van der Waals surface area (Å²) in [5.74, 6) is -0.749. The first-order valence-electron chi connectivity index (χ1n) is 2.76. The highest BCUT2D eigenvalue weighted by molar-refractivity contribution is 5.81. The van der Waals surface area contributed by atoms with Gasteiger partial charge in [0, 0.05) is 0 Å². The minimum Gasteiger partial charge on any atom is -0.458 e. The first kappa shape index (κ1) is 9.35. The Morgan fingerprint density at radius 1 is 1.73 bits per heavy atom. The molecule has 0 aliphatic carbocycles. The fourth-order valence-corrected chi connectivity index (χ4v) is 0.311. The zero-order valence-corrected chi connectivity index (χ0v) is 5.73. The molecule has 60 valence electrons. The van der Waals surface area contributed by atoms with E-state index in [2.05, 4.69) is 11.3 Å². The van der Waals surface area contributed by atoms with Gasteiger partial charge in [0.2, 0.25) is 6.20 Å². The van der Waals surface area contributed by atoms with Crippen LogP contribution in [0.4, 0.5) is 0 Å². The Morgan fingerprint density at radius 3 is 2.82 bits per heavy atom. The van der Waals surface area contributed by atoms with Crippen LogP contribution in [-0.4, -0.2) is 17.5 Å². The van der Waals surface area contributed by atoms with Crippen molar-refractivity contribution >= 4 is 5.97 Å². The van der Waals surface area contributed by atoms with Gasteiger partial charge in [-0.15, -0.1) is 0 Å². The summed E-state index contributed by atoms with van der Waals surface area (Å²) in [6.45, 7) is 3.35. The largest absolute Gasteiger partial charge is 0.458 e. The van der Waals surface area contributed by atoms with Crippen molar-refractivity contribution in [2.24, 2.45) is 0 Å². The van der Waals surface area contributed by atoms with Crippen molar-refractivity contribution in [3.63, 3.8) is 0 Å². The van der Waals surface area contributed by atoms with Gasteiger partial charge in [0.05, 0.1) is 11.0 Å². The van der Waals surface area contributed by atoms with Crippen LogP contribution in [0.2, 0.25) is 0 Å². The number of hydrogen-bond acceptors (Lipinski definition) is 4. The number of ether oxygens (including phenoxy) is 1. The van der Waals surface area contributed by atoms with E-state index in [9.17, 15) is 14.9 Å². The maximum absolute atomic E-state index is 10.4. The second-order valence-corrected chi connectivity index (χ2v) is 1.52. The Hall–Kier alpha value is -1.65. The van der Waals surface area contributed by atoms with E-state index in [1.165, 1.54) is 6.08 Å². The van der Waals surface area contributed by atoms with Gasteiger partial charge in [-0.3, -0.25) is 10.1 Å². The van der Waals surface area contributed by atoms with Gasteiger partial charge in [0.15, 0.2) is 0 Å². The maximum atomic E-state index is 10.4. The van der Waals surface area contributed by atoms with Gasteiger partial charge in [0.1, 0.15) is 6.61 Å². The molecule has 0 atom stereocenters. The number of nitrogens with zero attached hydrogens (tertiary/aromatic N) is 1. The van der Waals surface area contributed by atoms with Crippen molar-refractivity contribution in [3.8, 4) is 0 Å². The maximum Gasteiger partial charge on any atom is 0.337 e. The average Bonchev–Trinajstić information content (AvgIpc) is 1.97. The molecular weight excluding hydrogens is 150 g/mol. The molecule has 0 amide bonds. The fourth-order valence-electron chi connectivity index (χ4n) is 0.311. The molecule has 0 aliphatic rings. The minimum absolute atomic E-state index is 0.0564. The van der Waals surface area contributed by atoms with E-state index in [1.807, 2.05) is 0 Å². The number of esters is 1. The molecular formula is C6H7NO4. The molecule has 0 aliphatic heterocycles. The normalized spacial score (nSPS) is 9.45. The molecule has 0 heterocycles. The molecule has 0 rings (SSSR count). The Bertz CT molecular complexity index is 197. The van der Waals surface area contributed by atoms with Crippen LogP contribution in [0, 0.1) is 10.1 Å². The zero-order chi connectivity index (χ0) is 8.69. The summed E-state index contributed by atoms with van der Waals surface area (Å²) >= 11 is 0. The fraction of sp³-hybridized carbons (Fsp3) is 0.167. The van der Waals surface area contributed by atoms with E-state index in [0.717, 1.165) is 6.08 Å². The van der Waals surface area contributed by atoms with Crippen LogP contribution in [-0.2, 0) is 9.53 Å². The third kappa shape index (κ3) is 6.23. The standard InChI is InChI=1S/C6H7NO4/c1-2-5-11-6(8)3-4-7(9)10/h2-4H,1,5H2/b4-3+. The Morgan fingerprint density at radius 2 is 2.36 bits per heavy atom. The van der Waals surface area contributed by atoms with Gasteiger partial charge < -0.3 is 4.74 Å². The van der Waals surface area contributed by atoms with E-state index in [4.69, 9.17) is 0 Å². The predicted molar refractivity (Wildman–Crippen MR) is 37.3 cm³/mol. The molecule has 0 aromatic heterocycles. The molecule has 0 saturated heterocycles. The quantitative estimate of drug-likeness (QED) is 0.196. The number of carbonyl (C=O) groups is 1. The molecule has 5 nitrogen and oxygen atoms in total. The van der Waals surface area contributed by atoms with Gasteiger partial charge in [0.25, 0.3) is 0 Å². The van der Waals surface area contributed by atoms with Crippen molar-refractivity contribution in [2.75, 3.05) is 6.61 Å². The van der Waals surface area contributed by atoms with E-state index in [-0.39, 0.29) is 6.61 Å². The van der Waals surface area contributed by atoms with Crippen LogP contribution in [0.25, 0.3) is 0 Å².